The maximum atomic E-state index is 6.00. The number of hydrogen-bond donors (Lipinski definition) is 2. The number of benzene rings is 2. The molecule has 0 radical (unpaired) electrons. The molecule has 84 valence electrons. The van der Waals surface area contributed by atoms with Crippen molar-refractivity contribution in [1.82, 2.24) is 4.98 Å². The minimum atomic E-state index is 0.688. The molecule has 2 nitrogen and oxygen atoms in total. The minimum absolute atomic E-state index is 0.688. The van der Waals surface area contributed by atoms with Crippen LogP contribution in [0, 0.1) is 0 Å². The van der Waals surface area contributed by atoms with Gasteiger partial charge in [-0.05, 0) is 30.3 Å². The number of nitrogens with two attached hydrogens (primary N) is 1. The molecule has 0 aliphatic rings. The van der Waals surface area contributed by atoms with E-state index >= 15 is 0 Å². The van der Waals surface area contributed by atoms with Gasteiger partial charge in [0.05, 0.1) is 0 Å². The normalized spacial score (nSPS) is 10.9. The zero-order valence-corrected chi connectivity index (χ0v) is 9.83. The predicted molar refractivity (Wildman–Crippen MR) is 73.2 cm³/mol. The third-order valence-corrected chi connectivity index (χ3v) is 3.07. The highest BCUT2D eigenvalue weighted by Crippen LogP contribution is 2.30. The van der Waals surface area contributed by atoms with Gasteiger partial charge < -0.3 is 10.7 Å². The van der Waals surface area contributed by atoms with Crippen LogP contribution in [0.5, 0.6) is 0 Å². The molecule has 0 unspecified atom stereocenters. The van der Waals surface area contributed by atoms with E-state index in [2.05, 4.69) is 17.1 Å². The van der Waals surface area contributed by atoms with Gasteiger partial charge in [0.15, 0.2) is 0 Å². The standard InChI is InChI=1S/C14H11ClN2/c15-10-5-6-12(16)11(8-10)14-7-9-3-1-2-4-13(9)17-14/h1-8,17H,16H2. The van der Waals surface area contributed by atoms with Crippen molar-refractivity contribution in [2.75, 3.05) is 5.73 Å². The van der Waals surface area contributed by atoms with Crippen molar-refractivity contribution in [1.29, 1.82) is 0 Å². The van der Waals surface area contributed by atoms with E-state index in [0.717, 1.165) is 22.5 Å². The van der Waals surface area contributed by atoms with Crippen molar-refractivity contribution >= 4 is 28.2 Å². The van der Waals surface area contributed by atoms with E-state index in [1.165, 1.54) is 5.39 Å². The summed E-state index contributed by atoms with van der Waals surface area (Å²) in [4.78, 5) is 3.34. The van der Waals surface area contributed by atoms with E-state index in [4.69, 9.17) is 17.3 Å². The first-order valence-corrected chi connectivity index (χ1v) is 5.75. The molecule has 3 heteroatoms. The summed E-state index contributed by atoms with van der Waals surface area (Å²) >= 11 is 6.00. The van der Waals surface area contributed by atoms with Crippen LogP contribution in [-0.2, 0) is 0 Å². The minimum Gasteiger partial charge on any atom is -0.398 e. The summed E-state index contributed by atoms with van der Waals surface area (Å²) in [7, 11) is 0. The highest BCUT2D eigenvalue weighted by molar-refractivity contribution is 6.31. The van der Waals surface area contributed by atoms with Crippen LogP contribution in [0.3, 0.4) is 0 Å². The number of hydrogen-bond acceptors (Lipinski definition) is 1. The monoisotopic (exact) mass is 242 g/mol. The van der Waals surface area contributed by atoms with Gasteiger partial charge in [-0.1, -0.05) is 29.8 Å². The van der Waals surface area contributed by atoms with Crippen molar-refractivity contribution in [2.24, 2.45) is 0 Å². The quantitative estimate of drug-likeness (QED) is 0.621. The fraction of sp³-hybridized carbons (Fsp3) is 0. The third-order valence-electron chi connectivity index (χ3n) is 2.84. The van der Waals surface area contributed by atoms with Gasteiger partial charge in [0.2, 0.25) is 0 Å². The summed E-state index contributed by atoms with van der Waals surface area (Å²) < 4.78 is 0. The second kappa shape index (κ2) is 3.82. The van der Waals surface area contributed by atoms with Crippen LogP contribution in [0.2, 0.25) is 5.02 Å². The third kappa shape index (κ3) is 1.77. The molecule has 3 aromatic rings. The Bertz CT molecular complexity index is 653. The Morgan fingerprint density at radius 2 is 1.82 bits per heavy atom. The Morgan fingerprint density at radius 1 is 1.00 bits per heavy atom. The van der Waals surface area contributed by atoms with Crippen molar-refractivity contribution in [3.63, 3.8) is 0 Å². The fourth-order valence-electron chi connectivity index (χ4n) is 1.98. The molecule has 3 rings (SSSR count). The van der Waals surface area contributed by atoms with E-state index in [9.17, 15) is 0 Å². The topological polar surface area (TPSA) is 41.8 Å². The Morgan fingerprint density at radius 3 is 2.65 bits per heavy atom. The largest absolute Gasteiger partial charge is 0.398 e. The molecule has 0 amide bonds. The van der Waals surface area contributed by atoms with E-state index < -0.39 is 0 Å². The molecule has 3 N–H and O–H groups in total. The first-order chi connectivity index (χ1) is 8.24. The SMILES string of the molecule is Nc1ccc(Cl)cc1-c1cc2ccccc2[nH]1. The molecule has 0 bridgehead atoms. The number of anilines is 1. The van der Waals surface area contributed by atoms with Crippen LogP contribution in [0.1, 0.15) is 0 Å². The van der Waals surface area contributed by atoms with Crippen LogP contribution < -0.4 is 5.73 Å². The average molecular weight is 243 g/mol. The molecule has 0 saturated heterocycles. The number of nitrogens with one attached hydrogen (secondary N) is 1. The Balaban J connectivity index is 2.23. The number of para-hydroxylation sites is 1. The molecule has 1 aromatic heterocycles. The van der Waals surface area contributed by atoms with Crippen LogP contribution in [0.25, 0.3) is 22.2 Å². The molecule has 0 saturated carbocycles. The molecule has 17 heavy (non-hydrogen) atoms. The summed E-state index contributed by atoms with van der Waals surface area (Å²) in [6.45, 7) is 0. The zero-order chi connectivity index (χ0) is 11.8. The summed E-state index contributed by atoms with van der Waals surface area (Å²) in [6.07, 6.45) is 0. The van der Waals surface area contributed by atoms with Gasteiger partial charge in [0.1, 0.15) is 0 Å². The van der Waals surface area contributed by atoms with Crippen molar-refractivity contribution in [2.45, 2.75) is 0 Å². The molecule has 2 aromatic carbocycles. The molecule has 0 fully saturated rings. The van der Waals surface area contributed by atoms with Gasteiger partial charge in [-0.15, -0.1) is 0 Å². The molecule has 1 heterocycles. The summed E-state index contributed by atoms with van der Waals surface area (Å²) in [5, 5.41) is 1.86. The Labute approximate surface area is 104 Å². The van der Waals surface area contributed by atoms with Crippen molar-refractivity contribution in [3.05, 3.63) is 53.6 Å². The van der Waals surface area contributed by atoms with Crippen LogP contribution in [0.4, 0.5) is 5.69 Å². The van der Waals surface area contributed by atoms with Gasteiger partial charge >= 0.3 is 0 Å². The highest BCUT2D eigenvalue weighted by Gasteiger charge is 2.06. The number of rotatable bonds is 1. The van der Waals surface area contributed by atoms with Crippen LogP contribution in [-0.4, -0.2) is 4.98 Å². The van der Waals surface area contributed by atoms with E-state index in [-0.39, 0.29) is 0 Å². The Hall–Kier alpha value is -1.93. The summed E-state index contributed by atoms with van der Waals surface area (Å²) in [5.41, 5.74) is 9.72. The maximum absolute atomic E-state index is 6.00. The first kappa shape index (κ1) is 10.2. The highest BCUT2D eigenvalue weighted by atomic mass is 35.5. The summed E-state index contributed by atoms with van der Waals surface area (Å²) in [6, 6.07) is 15.7. The number of aromatic nitrogens is 1. The fourth-order valence-corrected chi connectivity index (χ4v) is 2.15. The number of aromatic amines is 1. The van der Waals surface area contributed by atoms with Crippen molar-refractivity contribution < 1.29 is 0 Å². The molecule has 0 spiro atoms. The zero-order valence-electron chi connectivity index (χ0n) is 9.07. The van der Waals surface area contributed by atoms with E-state index in [1.54, 1.807) is 6.07 Å². The lowest BCUT2D eigenvalue weighted by atomic mass is 10.1. The summed E-state index contributed by atoms with van der Waals surface area (Å²) in [5.74, 6) is 0. The van der Waals surface area contributed by atoms with E-state index in [1.807, 2.05) is 30.3 Å². The number of fused-ring (bicyclic) bond motifs is 1. The van der Waals surface area contributed by atoms with Gasteiger partial charge in [-0.2, -0.15) is 0 Å². The number of halogens is 1. The van der Waals surface area contributed by atoms with Crippen LogP contribution >= 0.6 is 11.6 Å². The molecular weight excluding hydrogens is 232 g/mol. The van der Waals surface area contributed by atoms with Gasteiger partial charge in [-0.3, -0.25) is 0 Å². The first-order valence-electron chi connectivity index (χ1n) is 5.37. The Kier molecular flexibility index (Phi) is 2.30. The van der Waals surface area contributed by atoms with Gasteiger partial charge in [-0.25, -0.2) is 0 Å². The average Bonchev–Trinajstić information content (AvgIpc) is 2.75. The predicted octanol–water partition coefficient (Wildman–Crippen LogP) is 4.07. The number of H-pyrrole nitrogens is 1. The number of nitrogen functional groups attached to an aromatic ring is 1. The second-order valence-corrected chi connectivity index (χ2v) is 4.44. The maximum Gasteiger partial charge on any atom is 0.0486 e. The van der Waals surface area contributed by atoms with Gasteiger partial charge in [0.25, 0.3) is 0 Å². The molecule has 0 aliphatic carbocycles. The van der Waals surface area contributed by atoms with Gasteiger partial charge in [0, 0.05) is 32.9 Å². The lowest BCUT2D eigenvalue weighted by Gasteiger charge is -2.03. The molecule has 0 aliphatic heterocycles. The smallest absolute Gasteiger partial charge is 0.0486 e. The molecular formula is C14H11ClN2. The van der Waals surface area contributed by atoms with E-state index in [0.29, 0.717) is 5.02 Å². The van der Waals surface area contributed by atoms with Crippen molar-refractivity contribution in [3.8, 4) is 11.3 Å². The molecule has 0 atom stereocenters. The lowest BCUT2D eigenvalue weighted by molar-refractivity contribution is 1.45. The second-order valence-electron chi connectivity index (χ2n) is 4.00. The lowest BCUT2D eigenvalue weighted by Crippen LogP contribution is -1.89. The van der Waals surface area contributed by atoms with Crippen LogP contribution in [0.15, 0.2) is 48.5 Å².